The second-order valence-electron chi connectivity index (χ2n) is 10.0. The Morgan fingerprint density at radius 3 is 2.78 bits per heavy atom. The minimum atomic E-state index is -0.289. The summed E-state index contributed by atoms with van der Waals surface area (Å²) in [5.41, 5.74) is 1.40. The molecular formula is C23H31IO3. The van der Waals surface area contributed by atoms with Crippen LogP contribution in [0.4, 0.5) is 0 Å². The summed E-state index contributed by atoms with van der Waals surface area (Å²) in [7, 11) is 0. The number of hydrogen-bond donors (Lipinski definition) is 0. The van der Waals surface area contributed by atoms with E-state index in [4.69, 9.17) is 4.74 Å². The largest absolute Gasteiger partial charge is 0.458 e. The van der Waals surface area contributed by atoms with E-state index in [1.54, 1.807) is 0 Å². The van der Waals surface area contributed by atoms with Crippen molar-refractivity contribution >= 4 is 34.3 Å². The second-order valence-corrected chi connectivity index (χ2v) is 10.8. The molecule has 5 rings (SSSR count). The monoisotopic (exact) mass is 482 g/mol. The topological polar surface area (TPSA) is 43.4 Å². The van der Waals surface area contributed by atoms with E-state index in [-0.39, 0.29) is 17.0 Å². The molecule has 0 spiro atoms. The van der Waals surface area contributed by atoms with Gasteiger partial charge in [-0.05, 0) is 93.5 Å². The number of halogens is 1. The summed E-state index contributed by atoms with van der Waals surface area (Å²) in [6, 6.07) is 0. The van der Waals surface area contributed by atoms with Crippen LogP contribution in [-0.4, -0.2) is 21.8 Å². The fraction of sp³-hybridized carbons (Fsp3) is 0.826. The Kier molecular flexibility index (Phi) is 4.35. The fourth-order valence-electron chi connectivity index (χ4n) is 8.30. The molecule has 0 bridgehead atoms. The van der Waals surface area contributed by atoms with E-state index in [0.717, 1.165) is 43.4 Å². The van der Waals surface area contributed by atoms with Gasteiger partial charge in [-0.1, -0.05) is 35.1 Å². The number of ether oxygens (including phenoxy) is 1. The van der Waals surface area contributed by atoms with E-state index in [9.17, 15) is 9.59 Å². The Labute approximate surface area is 176 Å². The second kappa shape index (κ2) is 6.30. The van der Waals surface area contributed by atoms with Crippen molar-refractivity contribution in [2.45, 2.75) is 70.8 Å². The third-order valence-electron chi connectivity index (χ3n) is 9.39. The highest BCUT2D eigenvalue weighted by Gasteiger charge is 2.68. The number of carbonyl (C=O) groups is 2. The van der Waals surface area contributed by atoms with Gasteiger partial charge in [0.25, 0.3) is 0 Å². The number of ketones is 1. The van der Waals surface area contributed by atoms with Gasteiger partial charge in [-0.15, -0.1) is 0 Å². The molecule has 7 unspecified atom stereocenters. The molecule has 0 aromatic heterocycles. The molecule has 0 aromatic carbocycles. The first kappa shape index (κ1) is 18.6. The number of hydrogen-bond acceptors (Lipinski definition) is 3. The van der Waals surface area contributed by atoms with Crippen LogP contribution in [0.2, 0.25) is 0 Å². The molecule has 5 aliphatic rings. The van der Waals surface area contributed by atoms with Gasteiger partial charge in [0.2, 0.25) is 0 Å². The number of alkyl halides is 1. The average molecular weight is 482 g/mol. The molecule has 0 heterocycles. The molecule has 0 N–H and O–H groups in total. The van der Waals surface area contributed by atoms with E-state index < -0.39 is 0 Å². The van der Waals surface area contributed by atoms with Crippen molar-refractivity contribution in [3.05, 3.63) is 11.6 Å². The predicted molar refractivity (Wildman–Crippen MR) is 112 cm³/mol. The molecule has 0 saturated heterocycles. The van der Waals surface area contributed by atoms with Crippen LogP contribution < -0.4 is 0 Å². The molecule has 0 amide bonds. The standard InChI is InChI=1S/C23H31IO3/c1-3-23-9-6-15-14-5-4-13(25)10-16(14)17-11-18(17)21(15)19(23)7-8-22(23,2)27-20(26)12-24/h10,14-15,17-19,21H,3-9,11-12H2,1-2H3/t14?,15?,17?,18?,19?,21?,22-,23?/m0/s1. The van der Waals surface area contributed by atoms with E-state index >= 15 is 0 Å². The van der Waals surface area contributed by atoms with E-state index in [2.05, 4.69) is 36.4 Å². The Morgan fingerprint density at radius 1 is 1.22 bits per heavy atom. The quantitative estimate of drug-likeness (QED) is 0.319. The summed E-state index contributed by atoms with van der Waals surface area (Å²) < 4.78 is 6.60. The lowest BCUT2D eigenvalue weighted by Gasteiger charge is -2.56. The Hall–Kier alpha value is -0.390. The Balaban J connectivity index is 1.49. The number of fused-ring (bicyclic) bond motifs is 8. The van der Waals surface area contributed by atoms with Gasteiger partial charge >= 0.3 is 5.97 Å². The first-order valence-electron chi connectivity index (χ1n) is 11.0. The molecule has 4 saturated carbocycles. The van der Waals surface area contributed by atoms with E-state index in [1.807, 2.05) is 6.08 Å². The van der Waals surface area contributed by atoms with Gasteiger partial charge in [-0.2, -0.15) is 0 Å². The van der Waals surface area contributed by atoms with E-state index in [0.29, 0.717) is 28.0 Å². The van der Waals surface area contributed by atoms with Crippen LogP contribution >= 0.6 is 22.6 Å². The van der Waals surface area contributed by atoms with Crippen LogP contribution in [0.1, 0.15) is 65.2 Å². The fourth-order valence-corrected chi connectivity index (χ4v) is 8.46. The van der Waals surface area contributed by atoms with Gasteiger partial charge in [-0.3, -0.25) is 9.59 Å². The average Bonchev–Trinajstić information content (AvgIpc) is 3.41. The summed E-state index contributed by atoms with van der Waals surface area (Å²) in [6.07, 6.45) is 11.0. The highest BCUT2D eigenvalue weighted by atomic mass is 127. The van der Waals surface area contributed by atoms with Gasteiger partial charge in [0.15, 0.2) is 5.78 Å². The van der Waals surface area contributed by atoms with Crippen molar-refractivity contribution in [3.8, 4) is 0 Å². The first-order chi connectivity index (χ1) is 12.9. The minimum Gasteiger partial charge on any atom is -0.458 e. The van der Waals surface area contributed by atoms with Crippen LogP contribution in [0, 0.1) is 40.9 Å². The number of rotatable bonds is 3. The van der Waals surface area contributed by atoms with Crippen LogP contribution in [0.25, 0.3) is 0 Å². The number of esters is 1. The summed E-state index contributed by atoms with van der Waals surface area (Å²) in [4.78, 5) is 24.2. The molecule has 0 aromatic rings. The molecule has 148 valence electrons. The van der Waals surface area contributed by atoms with Gasteiger partial charge in [0.1, 0.15) is 5.60 Å². The Bertz CT molecular complexity index is 714. The zero-order chi connectivity index (χ0) is 19.0. The lowest BCUT2D eigenvalue weighted by molar-refractivity contribution is -0.179. The molecular weight excluding hydrogens is 451 g/mol. The molecule has 8 atom stereocenters. The van der Waals surface area contributed by atoms with Gasteiger partial charge < -0.3 is 4.74 Å². The molecule has 27 heavy (non-hydrogen) atoms. The molecule has 4 fully saturated rings. The van der Waals surface area contributed by atoms with Crippen LogP contribution in [0.3, 0.4) is 0 Å². The van der Waals surface area contributed by atoms with Crippen molar-refractivity contribution in [3.63, 3.8) is 0 Å². The van der Waals surface area contributed by atoms with Crippen molar-refractivity contribution in [2.24, 2.45) is 40.9 Å². The Morgan fingerprint density at radius 2 is 2.04 bits per heavy atom. The zero-order valence-corrected chi connectivity index (χ0v) is 18.7. The third kappa shape index (κ3) is 2.50. The van der Waals surface area contributed by atoms with Crippen LogP contribution in [-0.2, 0) is 14.3 Å². The lowest BCUT2D eigenvalue weighted by atomic mass is 9.49. The molecule has 3 nitrogen and oxygen atoms in total. The highest BCUT2D eigenvalue weighted by molar-refractivity contribution is 14.1. The van der Waals surface area contributed by atoms with Gasteiger partial charge in [-0.25, -0.2) is 0 Å². The summed E-state index contributed by atoms with van der Waals surface area (Å²) in [6.45, 7) is 4.56. The molecule has 4 heteroatoms. The summed E-state index contributed by atoms with van der Waals surface area (Å²) in [5, 5.41) is 0. The minimum absolute atomic E-state index is 0.0438. The smallest absolute Gasteiger partial charge is 0.316 e. The molecule has 0 radical (unpaired) electrons. The molecule has 5 aliphatic carbocycles. The van der Waals surface area contributed by atoms with Crippen molar-refractivity contribution in [1.82, 2.24) is 0 Å². The van der Waals surface area contributed by atoms with Gasteiger partial charge in [0.05, 0.1) is 4.43 Å². The predicted octanol–water partition coefficient (Wildman–Crippen LogP) is 5.11. The SMILES string of the molecule is CCC12CCC3C4CCC(=O)C=C4C4CC4C3C1CC[C@]2(C)OC(=O)CI. The maximum absolute atomic E-state index is 12.2. The molecule has 0 aliphatic heterocycles. The number of carbonyl (C=O) groups excluding carboxylic acids is 2. The lowest BCUT2D eigenvalue weighted by Crippen LogP contribution is -2.55. The van der Waals surface area contributed by atoms with Gasteiger partial charge in [0, 0.05) is 11.8 Å². The number of allylic oxidation sites excluding steroid dienone is 1. The zero-order valence-electron chi connectivity index (χ0n) is 16.5. The van der Waals surface area contributed by atoms with Crippen molar-refractivity contribution < 1.29 is 14.3 Å². The highest BCUT2D eigenvalue weighted by Crippen LogP contribution is 2.73. The normalized spacial score (nSPS) is 50.0. The maximum Gasteiger partial charge on any atom is 0.316 e. The van der Waals surface area contributed by atoms with E-state index in [1.165, 1.54) is 31.3 Å². The van der Waals surface area contributed by atoms with Crippen LogP contribution in [0.15, 0.2) is 11.6 Å². The first-order valence-corrected chi connectivity index (χ1v) is 12.5. The van der Waals surface area contributed by atoms with Crippen molar-refractivity contribution in [1.29, 1.82) is 0 Å². The maximum atomic E-state index is 12.2. The summed E-state index contributed by atoms with van der Waals surface area (Å²) >= 11 is 2.12. The van der Waals surface area contributed by atoms with Crippen LogP contribution in [0.5, 0.6) is 0 Å². The van der Waals surface area contributed by atoms with Crippen molar-refractivity contribution in [2.75, 3.05) is 4.43 Å². The third-order valence-corrected chi connectivity index (χ3v) is 10.0. The summed E-state index contributed by atoms with van der Waals surface area (Å²) in [5.74, 6) is 4.72.